The van der Waals surface area contributed by atoms with Crippen molar-refractivity contribution in [2.45, 2.75) is 17.7 Å². The van der Waals surface area contributed by atoms with E-state index in [0.29, 0.717) is 12.2 Å². The molecule has 2 aromatic rings. The molecule has 0 aliphatic heterocycles. The number of methoxy groups -OCH3 is 1. The SMILES string of the molecule is COc1ccc(S(=O)(=O)NCCNC(=O)CCc2cccc(F)c2)cc1. The van der Waals surface area contributed by atoms with Gasteiger partial charge in [-0.15, -0.1) is 0 Å². The Bertz CT molecular complexity index is 839. The normalized spacial score (nSPS) is 11.2. The summed E-state index contributed by atoms with van der Waals surface area (Å²) in [6.45, 7) is 0.234. The van der Waals surface area contributed by atoms with Gasteiger partial charge in [-0.2, -0.15) is 0 Å². The summed E-state index contributed by atoms with van der Waals surface area (Å²) in [7, 11) is -2.14. The summed E-state index contributed by atoms with van der Waals surface area (Å²) in [5, 5.41) is 2.63. The fraction of sp³-hybridized carbons (Fsp3) is 0.278. The third-order valence-corrected chi connectivity index (χ3v) is 5.12. The number of hydrogen-bond acceptors (Lipinski definition) is 4. The van der Waals surface area contributed by atoms with E-state index in [1.165, 1.54) is 31.4 Å². The van der Waals surface area contributed by atoms with Crippen molar-refractivity contribution < 1.29 is 22.3 Å². The van der Waals surface area contributed by atoms with Crippen LogP contribution in [0, 0.1) is 5.82 Å². The van der Waals surface area contributed by atoms with Gasteiger partial charge in [-0.1, -0.05) is 12.1 Å². The first-order valence-electron chi connectivity index (χ1n) is 8.05. The van der Waals surface area contributed by atoms with Gasteiger partial charge in [0.15, 0.2) is 0 Å². The van der Waals surface area contributed by atoms with E-state index >= 15 is 0 Å². The summed E-state index contributed by atoms with van der Waals surface area (Å²) in [5.41, 5.74) is 0.736. The molecular weight excluding hydrogens is 359 g/mol. The molecule has 140 valence electrons. The molecule has 0 aromatic heterocycles. The zero-order valence-corrected chi connectivity index (χ0v) is 15.2. The van der Waals surface area contributed by atoms with Crippen LogP contribution in [0.3, 0.4) is 0 Å². The standard InChI is InChI=1S/C18H21FN2O4S/c1-25-16-6-8-17(9-7-16)26(23,24)21-12-11-20-18(22)10-5-14-3-2-4-15(19)13-14/h2-4,6-9,13,21H,5,10-12H2,1H3,(H,20,22). The van der Waals surface area contributed by atoms with Gasteiger partial charge in [0.2, 0.25) is 15.9 Å². The van der Waals surface area contributed by atoms with Crippen molar-refractivity contribution in [2.24, 2.45) is 0 Å². The van der Waals surface area contributed by atoms with Crippen LogP contribution in [0.4, 0.5) is 4.39 Å². The number of amides is 1. The highest BCUT2D eigenvalue weighted by molar-refractivity contribution is 7.89. The highest BCUT2D eigenvalue weighted by Gasteiger charge is 2.13. The van der Waals surface area contributed by atoms with Crippen LogP contribution in [0.1, 0.15) is 12.0 Å². The summed E-state index contributed by atoms with van der Waals surface area (Å²) >= 11 is 0. The van der Waals surface area contributed by atoms with Gasteiger partial charge in [0.25, 0.3) is 0 Å². The molecule has 0 aliphatic carbocycles. The Morgan fingerprint density at radius 1 is 1.12 bits per heavy atom. The van der Waals surface area contributed by atoms with Crippen molar-refractivity contribution in [3.05, 3.63) is 59.9 Å². The average molecular weight is 380 g/mol. The van der Waals surface area contributed by atoms with Crippen LogP contribution in [0.15, 0.2) is 53.4 Å². The van der Waals surface area contributed by atoms with E-state index in [1.54, 1.807) is 24.3 Å². The smallest absolute Gasteiger partial charge is 0.240 e. The van der Waals surface area contributed by atoms with Gasteiger partial charge in [0.1, 0.15) is 11.6 Å². The lowest BCUT2D eigenvalue weighted by Crippen LogP contribution is -2.34. The van der Waals surface area contributed by atoms with Gasteiger partial charge in [-0.25, -0.2) is 17.5 Å². The molecule has 0 radical (unpaired) electrons. The molecule has 2 rings (SSSR count). The average Bonchev–Trinajstić information content (AvgIpc) is 2.64. The Labute approximate surface area is 152 Å². The molecule has 6 nitrogen and oxygen atoms in total. The Hall–Kier alpha value is -2.45. The second kappa shape index (κ2) is 9.30. The number of nitrogens with one attached hydrogen (secondary N) is 2. The topological polar surface area (TPSA) is 84.5 Å². The van der Waals surface area contributed by atoms with Crippen molar-refractivity contribution in [1.82, 2.24) is 10.0 Å². The number of sulfonamides is 1. The maximum Gasteiger partial charge on any atom is 0.240 e. The Morgan fingerprint density at radius 3 is 2.50 bits per heavy atom. The molecule has 8 heteroatoms. The Balaban J connectivity index is 1.72. The highest BCUT2D eigenvalue weighted by Crippen LogP contribution is 2.15. The molecule has 0 aliphatic rings. The van der Waals surface area contributed by atoms with Gasteiger partial charge in [-0.3, -0.25) is 4.79 Å². The van der Waals surface area contributed by atoms with E-state index in [-0.39, 0.29) is 36.1 Å². The second-order valence-corrected chi connectivity index (χ2v) is 7.32. The van der Waals surface area contributed by atoms with Crippen LogP contribution in [0.2, 0.25) is 0 Å². The summed E-state index contributed by atoms with van der Waals surface area (Å²) < 4.78 is 44.7. The molecule has 2 N–H and O–H groups in total. The molecule has 2 aromatic carbocycles. The first-order chi connectivity index (χ1) is 12.4. The van der Waals surface area contributed by atoms with Crippen molar-refractivity contribution in [3.8, 4) is 5.75 Å². The van der Waals surface area contributed by atoms with Gasteiger partial charge in [-0.05, 0) is 48.4 Å². The van der Waals surface area contributed by atoms with E-state index in [2.05, 4.69) is 10.0 Å². The first-order valence-corrected chi connectivity index (χ1v) is 9.54. The van der Waals surface area contributed by atoms with Crippen LogP contribution in [0.25, 0.3) is 0 Å². The highest BCUT2D eigenvalue weighted by atomic mass is 32.2. The lowest BCUT2D eigenvalue weighted by molar-refractivity contribution is -0.121. The monoisotopic (exact) mass is 380 g/mol. The Morgan fingerprint density at radius 2 is 1.85 bits per heavy atom. The number of rotatable bonds is 9. The molecule has 0 unspecified atom stereocenters. The number of halogens is 1. The van der Waals surface area contributed by atoms with Gasteiger partial charge < -0.3 is 10.1 Å². The number of hydrogen-bond donors (Lipinski definition) is 2. The summed E-state index contributed by atoms with van der Waals surface area (Å²) in [4.78, 5) is 11.9. The van der Waals surface area contributed by atoms with E-state index in [9.17, 15) is 17.6 Å². The number of carbonyl (C=O) groups is 1. The lowest BCUT2D eigenvalue weighted by Gasteiger charge is -2.09. The first kappa shape index (κ1) is 19.9. The van der Waals surface area contributed by atoms with Gasteiger partial charge in [0, 0.05) is 19.5 Å². The largest absolute Gasteiger partial charge is 0.497 e. The second-order valence-electron chi connectivity index (χ2n) is 5.55. The van der Waals surface area contributed by atoms with Crippen LogP contribution in [-0.2, 0) is 21.2 Å². The molecule has 0 spiro atoms. The lowest BCUT2D eigenvalue weighted by atomic mass is 10.1. The molecule has 0 bridgehead atoms. The molecule has 26 heavy (non-hydrogen) atoms. The minimum Gasteiger partial charge on any atom is -0.497 e. The van der Waals surface area contributed by atoms with Gasteiger partial charge >= 0.3 is 0 Å². The minimum absolute atomic E-state index is 0.0695. The molecule has 0 fully saturated rings. The summed E-state index contributed by atoms with van der Waals surface area (Å²) in [5.74, 6) is 0.00302. The third-order valence-electron chi connectivity index (χ3n) is 3.64. The van der Waals surface area contributed by atoms with E-state index in [0.717, 1.165) is 5.56 Å². The maximum atomic E-state index is 13.1. The van der Waals surface area contributed by atoms with Crippen LogP contribution in [0.5, 0.6) is 5.75 Å². The fourth-order valence-corrected chi connectivity index (χ4v) is 3.30. The fourth-order valence-electron chi connectivity index (χ4n) is 2.26. The van der Waals surface area contributed by atoms with E-state index in [1.807, 2.05) is 0 Å². The van der Waals surface area contributed by atoms with Crippen molar-refractivity contribution in [2.75, 3.05) is 20.2 Å². The molecule has 0 saturated carbocycles. The Kier molecular flexibility index (Phi) is 7.11. The molecule has 0 atom stereocenters. The number of ether oxygens (including phenoxy) is 1. The van der Waals surface area contributed by atoms with Gasteiger partial charge in [0.05, 0.1) is 12.0 Å². The minimum atomic E-state index is -3.64. The molecule has 0 heterocycles. The predicted molar refractivity (Wildman–Crippen MR) is 95.9 cm³/mol. The van der Waals surface area contributed by atoms with Crippen LogP contribution >= 0.6 is 0 Å². The third kappa shape index (κ3) is 6.12. The quantitative estimate of drug-likeness (QED) is 0.651. The van der Waals surface area contributed by atoms with Crippen molar-refractivity contribution in [1.29, 1.82) is 0 Å². The number of carbonyl (C=O) groups excluding carboxylic acids is 1. The summed E-state index contributed by atoms with van der Waals surface area (Å²) in [6.07, 6.45) is 0.621. The van der Waals surface area contributed by atoms with Crippen molar-refractivity contribution in [3.63, 3.8) is 0 Å². The van der Waals surface area contributed by atoms with Crippen molar-refractivity contribution >= 4 is 15.9 Å². The maximum absolute atomic E-state index is 13.1. The zero-order chi connectivity index (χ0) is 19.0. The van der Waals surface area contributed by atoms with Crippen LogP contribution in [-0.4, -0.2) is 34.5 Å². The molecule has 1 amide bonds. The number of aryl methyl sites for hydroxylation is 1. The van der Waals surface area contributed by atoms with Crippen LogP contribution < -0.4 is 14.8 Å². The number of benzene rings is 2. The summed E-state index contributed by atoms with van der Waals surface area (Å²) in [6, 6.07) is 12.1. The van der Waals surface area contributed by atoms with E-state index < -0.39 is 10.0 Å². The predicted octanol–water partition coefficient (Wildman–Crippen LogP) is 1.86. The van der Waals surface area contributed by atoms with E-state index in [4.69, 9.17) is 4.74 Å². The molecule has 0 saturated heterocycles. The molecular formula is C18H21FN2O4S. The zero-order valence-electron chi connectivity index (χ0n) is 14.4.